The Morgan fingerprint density at radius 2 is 1.24 bits per heavy atom. The number of carbonyl (C=O) groups excluding carboxylic acids is 4. The zero-order chi connectivity index (χ0) is 49.1. The van der Waals surface area contributed by atoms with E-state index in [1.54, 1.807) is 24.3 Å². The molecule has 3 aromatic carbocycles. The van der Waals surface area contributed by atoms with Gasteiger partial charge in [-0.05, 0) is 147 Å². The van der Waals surface area contributed by atoms with Gasteiger partial charge in [0.2, 0.25) is 23.6 Å². The fraction of sp³-hybridized carbons (Fsp3) is 0.509. The van der Waals surface area contributed by atoms with E-state index in [2.05, 4.69) is 96.2 Å². The van der Waals surface area contributed by atoms with Gasteiger partial charge in [-0.3, -0.25) is 24.2 Å². The second-order valence-electron chi connectivity index (χ2n) is 19.3. The lowest BCUT2D eigenvalue weighted by Crippen LogP contribution is -2.52. The van der Waals surface area contributed by atoms with Crippen molar-refractivity contribution in [2.24, 2.45) is 0 Å². The molecule has 2 saturated carbocycles. The van der Waals surface area contributed by atoms with Gasteiger partial charge in [-0.15, -0.1) is 0 Å². The summed E-state index contributed by atoms with van der Waals surface area (Å²) in [6.45, 7) is 5.52. The fourth-order valence-corrected chi connectivity index (χ4v) is 9.81. The smallest absolute Gasteiger partial charge is 0.223 e. The van der Waals surface area contributed by atoms with Gasteiger partial charge in [0, 0.05) is 92.0 Å². The minimum Gasteiger partial charge on any atom is -0.494 e. The number of nitrogens with zero attached hydrogens (tertiary/aromatic N) is 4. The molecule has 4 amide bonds. The molecule has 0 bridgehead atoms. The second kappa shape index (κ2) is 26.5. The fourth-order valence-electron chi connectivity index (χ4n) is 9.60. The van der Waals surface area contributed by atoms with Crippen LogP contribution in [0.2, 0.25) is 5.02 Å². The van der Waals surface area contributed by atoms with Gasteiger partial charge >= 0.3 is 0 Å². The van der Waals surface area contributed by atoms with E-state index in [9.17, 15) is 19.2 Å². The predicted octanol–water partition coefficient (Wildman–Crippen LogP) is 8.47. The van der Waals surface area contributed by atoms with Crippen LogP contribution in [-0.4, -0.2) is 108 Å². The van der Waals surface area contributed by atoms with Gasteiger partial charge in [0.05, 0.1) is 6.61 Å². The molecule has 1 aromatic heterocycles. The van der Waals surface area contributed by atoms with Crippen LogP contribution in [0.15, 0.2) is 97.3 Å². The number of halogens is 1. The van der Waals surface area contributed by atoms with Crippen LogP contribution in [0.5, 0.6) is 5.75 Å². The highest BCUT2D eigenvalue weighted by Gasteiger charge is 2.39. The number of nitrogens with one attached hydrogen (secondary N) is 3. The standard InChI is InChI=1S/C29H41N3O3.C26H35ClN4O2/c1-5-35-26-9-7-6-8-24(26)21-30-27(33)14-15-28(34)31-25-16-18-29(19-17-25,32(3)4)20-23-12-10-22(2)11-13-23;1-30(2)26(17-20-6-4-8-22(27)16-20)13-11-23(12-14-26)29-24(32)9-10-25(33)31(3)19-21-7-5-15-28-18-21/h6-13,25H,5,14-21H2,1-4H3,(H,30,33)(H,31,34);4-8,15-16,18,23H,9-14,17,19H2,1-3H3,(H,29,32). The Bertz CT molecular complexity index is 2200. The number of aryl methyl sites for hydroxylation is 1. The van der Waals surface area contributed by atoms with Crippen molar-refractivity contribution >= 4 is 35.2 Å². The number of hydrogen-bond donors (Lipinski definition) is 3. The Labute approximate surface area is 410 Å². The summed E-state index contributed by atoms with van der Waals surface area (Å²) in [5.41, 5.74) is 5.98. The Morgan fingerprint density at radius 1 is 0.676 bits per heavy atom. The third-order valence-electron chi connectivity index (χ3n) is 14.0. The zero-order valence-corrected chi connectivity index (χ0v) is 42.4. The average Bonchev–Trinajstić information content (AvgIpc) is 3.32. The molecular weight excluding hydrogens is 874 g/mol. The molecule has 1 heterocycles. The summed E-state index contributed by atoms with van der Waals surface area (Å²) < 4.78 is 5.60. The van der Waals surface area contributed by atoms with Crippen LogP contribution in [0.25, 0.3) is 0 Å². The van der Waals surface area contributed by atoms with Crippen LogP contribution in [0.1, 0.15) is 112 Å². The highest BCUT2D eigenvalue weighted by Crippen LogP contribution is 2.37. The molecule has 2 fully saturated rings. The summed E-state index contributed by atoms with van der Waals surface area (Å²) in [6.07, 6.45) is 14.1. The van der Waals surface area contributed by atoms with E-state index in [0.29, 0.717) is 19.7 Å². The van der Waals surface area contributed by atoms with Crippen LogP contribution >= 0.6 is 11.6 Å². The minimum absolute atomic E-state index is 0.0363. The van der Waals surface area contributed by atoms with Gasteiger partial charge in [0.15, 0.2) is 0 Å². The molecule has 13 heteroatoms. The monoisotopic (exact) mass is 950 g/mol. The first-order valence-electron chi connectivity index (χ1n) is 24.4. The highest BCUT2D eigenvalue weighted by atomic mass is 35.5. The number of likely N-dealkylation sites (N-methyl/N-ethyl adjacent to an activating group) is 2. The van der Waals surface area contributed by atoms with Crippen LogP contribution in [0, 0.1) is 6.92 Å². The van der Waals surface area contributed by atoms with E-state index < -0.39 is 0 Å². The van der Waals surface area contributed by atoms with Gasteiger partial charge in [0.25, 0.3) is 0 Å². The number of rotatable bonds is 20. The first-order chi connectivity index (χ1) is 32.6. The van der Waals surface area contributed by atoms with Gasteiger partial charge in [-0.2, -0.15) is 0 Å². The molecular formula is C55H76ClN7O5. The number of ether oxygens (including phenoxy) is 1. The SMILES string of the molecule is CCOc1ccccc1CNC(=O)CCC(=O)NC1CCC(Cc2ccc(C)cc2)(N(C)C)CC1.CN(Cc1cccnc1)C(=O)CCC(=O)NC1CCC(Cc2cccc(Cl)c2)(N(C)C)CC1. The maximum Gasteiger partial charge on any atom is 0.223 e. The number of hydrogen-bond acceptors (Lipinski definition) is 8. The molecule has 2 aliphatic rings. The van der Waals surface area contributed by atoms with Crippen molar-refractivity contribution in [3.8, 4) is 5.75 Å². The molecule has 0 spiro atoms. The van der Waals surface area contributed by atoms with Crippen molar-refractivity contribution in [2.75, 3.05) is 41.8 Å². The lowest BCUT2D eigenvalue weighted by molar-refractivity contribution is -0.133. The summed E-state index contributed by atoms with van der Waals surface area (Å²) >= 11 is 6.19. The van der Waals surface area contributed by atoms with E-state index >= 15 is 0 Å². The van der Waals surface area contributed by atoms with E-state index in [-0.39, 0.29) is 72.5 Å². The first kappa shape index (κ1) is 53.7. The summed E-state index contributed by atoms with van der Waals surface area (Å²) in [7, 11) is 10.4. The maximum atomic E-state index is 12.5. The number of pyridine rings is 1. The molecule has 0 radical (unpaired) electrons. The molecule has 4 aromatic rings. The Hall–Kier alpha value is -5.30. The van der Waals surface area contributed by atoms with Gasteiger partial charge in [0.1, 0.15) is 5.75 Å². The van der Waals surface area contributed by atoms with Crippen molar-refractivity contribution in [2.45, 2.75) is 140 Å². The molecule has 368 valence electrons. The topological polar surface area (TPSA) is 136 Å². The summed E-state index contributed by atoms with van der Waals surface area (Å²) in [6, 6.07) is 28.7. The molecule has 68 heavy (non-hydrogen) atoms. The summed E-state index contributed by atoms with van der Waals surface area (Å²) in [5.74, 6) is 0.526. The number of aromatic nitrogens is 1. The Morgan fingerprint density at radius 3 is 1.79 bits per heavy atom. The van der Waals surface area contributed by atoms with Crippen LogP contribution in [0.4, 0.5) is 0 Å². The lowest BCUT2D eigenvalue weighted by atomic mass is 9.74. The highest BCUT2D eigenvalue weighted by molar-refractivity contribution is 6.30. The molecule has 0 unspecified atom stereocenters. The Kier molecular flexibility index (Phi) is 20.9. The van der Waals surface area contributed by atoms with E-state index in [1.165, 1.54) is 16.7 Å². The van der Waals surface area contributed by atoms with Crippen LogP contribution in [-0.2, 0) is 45.1 Å². The first-order valence-corrected chi connectivity index (χ1v) is 24.8. The molecule has 3 N–H and O–H groups in total. The minimum atomic E-state index is -0.125. The molecule has 0 aliphatic heterocycles. The molecule has 0 atom stereocenters. The predicted molar refractivity (Wildman–Crippen MR) is 272 cm³/mol. The van der Waals surface area contributed by atoms with Gasteiger partial charge in [-0.25, -0.2) is 0 Å². The quantitative estimate of drug-likeness (QED) is 0.0804. The van der Waals surface area contributed by atoms with Gasteiger partial charge < -0.3 is 35.4 Å². The normalized spacial score (nSPS) is 20.1. The second-order valence-corrected chi connectivity index (χ2v) is 19.8. The molecule has 12 nitrogen and oxygen atoms in total. The summed E-state index contributed by atoms with van der Waals surface area (Å²) in [4.78, 5) is 60.1. The van der Waals surface area contributed by atoms with Crippen molar-refractivity contribution in [1.29, 1.82) is 0 Å². The van der Waals surface area contributed by atoms with Crippen LogP contribution < -0.4 is 20.7 Å². The Balaban J connectivity index is 0.000000255. The lowest BCUT2D eigenvalue weighted by Gasteiger charge is -2.45. The largest absolute Gasteiger partial charge is 0.494 e. The average molecular weight is 951 g/mol. The molecule has 6 rings (SSSR count). The van der Waals surface area contributed by atoms with E-state index in [0.717, 1.165) is 86.1 Å². The third kappa shape index (κ3) is 16.7. The third-order valence-corrected chi connectivity index (χ3v) is 14.2. The van der Waals surface area contributed by atoms with Crippen LogP contribution in [0.3, 0.4) is 0 Å². The molecule has 2 aliphatic carbocycles. The summed E-state index contributed by atoms with van der Waals surface area (Å²) in [5, 5.41) is 9.99. The maximum absolute atomic E-state index is 12.5. The van der Waals surface area contributed by atoms with E-state index in [4.69, 9.17) is 16.3 Å². The zero-order valence-electron chi connectivity index (χ0n) is 41.6. The van der Waals surface area contributed by atoms with Crippen molar-refractivity contribution in [3.63, 3.8) is 0 Å². The number of amides is 4. The van der Waals surface area contributed by atoms with Gasteiger partial charge in [-0.1, -0.05) is 77.8 Å². The van der Waals surface area contributed by atoms with Crippen molar-refractivity contribution in [1.82, 2.24) is 35.6 Å². The van der Waals surface area contributed by atoms with Crippen molar-refractivity contribution in [3.05, 3.63) is 130 Å². The molecule has 0 saturated heterocycles. The van der Waals surface area contributed by atoms with Crippen molar-refractivity contribution < 1.29 is 23.9 Å². The number of benzene rings is 3. The van der Waals surface area contributed by atoms with E-state index in [1.807, 2.05) is 61.5 Å². The number of carbonyl (C=O) groups is 4. The number of para-hydroxylation sites is 1.